The molecule has 1 aliphatic rings. The molecule has 22 heavy (non-hydrogen) atoms. The Balaban J connectivity index is 2.22. The predicted octanol–water partition coefficient (Wildman–Crippen LogP) is 1.14. The van der Waals surface area contributed by atoms with E-state index in [1.807, 2.05) is 0 Å². The van der Waals surface area contributed by atoms with Gasteiger partial charge in [-0.3, -0.25) is 14.4 Å². The van der Waals surface area contributed by atoms with Crippen LogP contribution in [0.1, 0.15) is 5.56 Å². The number of carbonyl (C=O) groups is 2. The largest absolute Gasteiger partial charge is 0.503 e. The summed E-state index contributed by atoms with van der Waals surface area (Å²) in [5.41, 5.74) is -0.105. The number of likely N-dealkylation sites (N-methyl/N-ethyl adjacent to an activating group) is 1. The molecule has 0 saturated carbocycles. The topological polar surface area (TPSA) is 70.1 Å². The summed E-state index contributed by atoms with van der Waals surface area (Å²) in [4.78, 5) is 29.8. The Hall–Kier alpha value is -2.48. The fourth-order valence-corrected chi connectivity index (χ4v) is 2.04. The quantitative estimate of drug-likeness (QED) is 0.847. The van der Waals surface area contributed by atoms with E-state index in [-0.39, 0.29) is 24.2 Å². The molecule has 1 aromatic carbocycles. The standard InChI is InChI=1S/C14H14F2N2O4/c1-17-7-10(12(19)14(17)21)13(20)18(22-2)6-8-3-4-9(15)5-11(8)16/h3-5,19H,6-7H2,1-2H3. The number of aliphatic hydroxyl groups is 1. The Morgan fingerprint density at radius 1 is 1.45 bits per heavy atom. The maximum Gasteiger partial charge on any atom is 0.289 e. The molecule has 0 radical (unpaired) electrons. The molecule has 0 spiro atoms. The van der Waals surface area contributed by atoms with Crippen molar-refractivity contribution in [3.05, 3.63) is 46.7 Å². The molecule has 0 unspecified atom stereocenters. The molecular formula is C14H14F2N2O4. The molecule has 0 atom stereocenters. The Morgan fingerprint density at radius 3 is 2.64 bits per heavy atom. The fourth-order valence-electron chi connectivity index (χ4n) is 2.04. The number of aliphatic hydroxyl groups excluding tert-OH is 1. The molecular weight excluding hydrogens is 298 g/mol. The maximum atomic E-state index is 13.6. The number of amides is 2. The van der Waals surface area contributed by atoms with Gasteiger partial charge in [0, 0.05) is 18.7 Å². The minimum atomic E-state index is -0.826. The second-order valence-electron chi connectivity index (χ2n) is 4.75. The highest BCUT2D eigenvalue weighted by atomic mass is 19.1. The van der Waals surface area contributed by atoms with Gasteiger partial charge in [0.2, 0.25) is 0 Å². The van der Waals surface area contributed by atoms with Crippen LogP contribution in [0.15, 0.2) is 29.5 Å². The number of benzene rings is 1. The third-order valence-electron chi connectivity index (χ3n) is 3.26. The molecule has 1 aromatic rings. The van der Waals surface area contributed by atoms with Crippen LogP contribution in [0, 0.1) is 11.6 Å². The molecule has 0 aromatic heterocycles. The molecule has 1 N–H and O–H groups in total. The SMILES string of the molecule is CON(Cc1ccc(F)cc1F)C(=O)C1=C(O)C(=O)N(C)C1. The van der Waals surface area contributed by atoms with E-state index < -0.39 is 29.2 Å². The molecule has 118 valence electrons. The minimum Gasteiger partial charge on any atom is -0.503 e. The summed E-state index contributed by atoms with van der Waals surface area (Å²) in [7, 11) is 2.62. The van der Waals surface area contributed by atoms with E-state index in [0.29, 0.717) is 6.07 Å². The highest BCUT2D eigenvalue weighted by Crippen LogP contribution is 2.20. The van der Waals surface area contributed by atoms with Gasteiger partial charge in [-0.15, -0.1) is 0 Å². The van der Waals surface area contributed by atoms with Gasteiger partial charge in [-0.2, -0.15) is 0 Å². The second-order valence-corrected chi connectivity index (χ2v) is 4.75. The number of hydrogen-bond acceptors (Lipinski definition) is 4. The summed E-state index contributed by atoms with van der Waals surface area (Å²) in [6.45, 7) is -0.370. The summed E-state index contributed by atoms with van der Waals surface area (Å²) < 4.78 is 26.5. The van der Waals surface area contributed by atoms with Crippen molar-refractivity contribution in [1.29, 1.82) is 0 Å². The van der Waals surface area contributed by atoms with Crippen LogP contribution in [0.5, 0.6) is 0 Å². The number of halogens is 2. The number of rotatable bonds is 4. The van der Waals surface area contributed by atoms with E-state index in [9.17, 15) is 23.5 Å². The average Bonchev–Trinajstić information content (AvgIpc) is 2.73. The van der Waals surface area contributed by atoms with E-state index in [0.717, 1.165) is 16.0 Å². The zero-order valence-corrected chi connectivity index (χ0v) is 12.0. The average molecular weight is 312 g/mol. The monoisotopic (exact) mass is 312 g/mol. The Kier molecular flexibility index (Phi) is 4.41. The lowest BCUT2D eigenvalue weighted by atomic mass is 10.2. The first-order valence-corrected chi connectivity index (χ1v) is 6.32. The van der Waals surface area contributed by atoms with Gasteiger partial charge in [0.1, 0.15) is 11.6 Å². The highest BCUT2D eigenvalue weighted by molar-refractivity contribution is 6.06. The van der Waals surface area contributed by atoms with E-state index in [2.05, 4.69) is 0 Å². The Morgan fingerprint density at radius 2 is 2.14 bits per heavy atom. The summed E-state index contributed by atoms with van der Waals surface area (Å²) >= 11 is 0. The first kappa shape index (κ1) is 15.9. The van der Waals surface area contributed by atoms with E-state index >= 15 is 0 Å². The number of hydrogen-bond donors (Lipinski definition) is 1. The molecule has 0 aliphatic carbocycles. The van der Waals surface area contributed by atoms with Gasteiger partial charge in [-0.1, -0.05) is 6.07 Å². The minimum absolute atomic E-state index is 0.0365. The highest BCUT2D eigenvalue weighted by Gasteiger charge is 2.34. The van der Waals surface area contributed by atoms with Crippen molar-refractivity contribution in [1.82, 2.24) is 9.96 Å². The molecule has 1 aliphatic heterocycles. The van der Waals surface area contributed by atoms with Gasteiger partial charge >= 0.3 is 0 Å². The van der Waals surface area contributed by atoms with Gasteiger partial charge in [0.15, 0.2) is 5.76 Å². The van der Waals surface area contributed by atoms with E-state index in [4.69, 9.17) is 4.84 Å². The first-order chi connectivity index (χ1) is 10.3. The summed E-state index contributed by atoms with van der Waals surface area (Å²) in [5, 5.41) is 10.4. The van der Waals surface area contributed by atoms with Gasteiger partial charge in [0.05, 0.1) is 25.8 Å². The summed E-state index contributed by atoms with van der Waals surface area (Å²) in [5.74, 6) is -3.66. The van der Waals surface area contributed by atoms with Crippen LogP contribution in [0.3, 0.4) is 0 Å². The Labute approximate surface area is 125 Å². The van der Waals surface area contributed by atoms with Crippen LogP contribution in [0.25, 0.3) is 0 Å². The van der Waals surface area contributed by atoms with E-state index in [1.165, 1.54) is 20.2 Å². The number of nitrogens with zero attached hydrogens (tertiary/aromatic N) is 2. The molecule has 0 bridgehead atoms. The predicted molar refractivity (Wildman–Crippen MR) is 71.2 cm³/mol. The first-order valence-electron chi connectivity index (χ1n) is 6.32. The van der Waals surface area contributed by atoms with Gasteiger partial charge in [-0.05, 0) is 6.07 Å². The fraction of sp³-hybridized carbons (Fsp3) is 0.286. The lowest BCUT2D eigenvalue weighted by molar-refractivity contribution is -0.175. The molecule has 6 nitrogen and oxygen atoms in total. The van der Waals surface area contributed by atoms with E-state index in [1.54, 1.807) is 0 Å². The van der Waals surface area contributed by atoms with Gasteiger partial charge < -0.3 is 10.0 Å². The number of hydroxylamine groups is 2. The van der Waals surface area contributed by atoms with Crippen LogP contribution >= 0.6 is 0 Å². The molecule has 2 amide bonds. The van der Waals surface area contributed by atoms with Crippen molar-refractivity contribution in [3.8, 4) is 0 Å². The van der Waals surface area contributed by atoms with Gasteiger partial charge in [0.25, 0.3) is 11.8 Å². The molecule has 0 saturated heterocycles. The lowest BCUT2D eigenvalue weighted by Crippen LogP contribution is -2.33. The van der Waals surface area contributed by atoms with Crippen LogP contribution in [-0.4, -0.2) is 47.6 Å². The van der Waals surface area contributed by atoms with Crippen molar-refractivity contribution >= 4 is 11.8 Å². The van der Waals surface area contributed by atoms with Crippen molar-refractivity contribution in [2.24, 2.45) is 0 Å². The zero-order chi connectivity index (χ0) is 16.4. The van der Waals surface area contributed by atoms with Crippen LogP contribution < -0.4 is 0 Å². The second kappa shape index (κ2) is 6.10. The van der Waals surface area contributed by atoms with Crippen molar-refractivity contribution < 1.29 is 28.3 Å². The lowest BCUT2D eigenvalue weighted by Gasteiger charge is -2.20. The third kappa shape index (κ3) is 2.91. The summed E-state index contributed by atoms with van der Waals surface area (Å²) in [6.07, 6.45) is 0. The maximum absolute atomic E-state index is 13.6. The van der Waals surface area contributed by atoms with Crippen LogP contribution in [0.2, 0.25) is 0 Å². The molecule has 8 heteroatoms. The normalized spacial score (nSPS) is 14.7. The molecule has 2 rings (SSSR count). The number of carbonyl (C=O) groups excluding carboxylic acids is 2. The van der Waals surface area contributed by atoms with Crippen molar-refractivity contribution in [2.45, 2.75) is 6.54 Å². The molecule has 1 heterocycles. The van der Waals surface area contributed by atoms with Crippen LogP contribution in [-0.2, 0) is 21.0 Å². The van der Waals surface area contributed by atoms with Crippen molar-refractivity contribution in [3.63, 3.8) is 0 Å². The third-order valence-corrected chi connectivity index (χ3v) is 3.26. The molecule has 0 fully saturated rings. The van der Waals surface area contributed by atoms with Crippen LogP contribution in [0.4, 0.5) is 8.78 Å². The summed E-state index contributed by atoms with van der Waals surface area (Å²) in [6, 6.07) is 2.93. The smallest absolute Gasteiger partial charge is 0.289 e. The van der Waals surface area contributed by atoms with Gasteiger partial charge in [-0.25, -0.2) is 13.8 Å². The van der Waals surface area contributed by atoms with Crippen molar-refractivity contribution in [2.75, 3.05) is 20.7 Å². The zero-order valence-electron chi connectivity index (χ0n) is 12.0. The Bertz CT molecular complexity index is 660.